The molecule has 0 N–H and O–H groups in total. The molecule has 54 heavy (non-hydrogen) atoms. The van der Waals surface area contributed by atoms with Gasteiger partial charge in [-0.3, -0.25) is 0 Å². The number of ether oxygens (including phenoxy) is 2. The Morgan fingerprint density at radius 1 is 0.426 bits per heavy atom. The van der Waals surface area contributed by atoms with Crippen molar-refractivity contribution in [1.82, 2.24) is 0 Å². The van der Waals surface area contributed by atoms with Gasteiger partial charge >= 0.3 is 11.9 Å². The van der Waals surface area contributed by atoms with Crippen molar-refractivity contribution < 1.29 is 45.8 Å². The monoisotopic (exact) mass is 727 g/mol. The largest absolute Gasteiger partial charge is 0.417 e. The number of hydrogen-bond donors (Lipinski definition) is 0. The van der Waals surface area contributed by atoms with Crippen LogP contribution in [0.1, 0.15) is 28.1 Å². The summed E-state index contributed by atoms with van der Waals surface area (Å²) in [6.45, 7) is 0. The van der Waals surface area contributed by atoms with E-state index in [1.54, 1.807) is 48.5 Å². The molecule has 6 aromatic carbocycles. The second kappa shape index (κ2) is 16.0. The fourth-order valence-electron chi connectivity index (χ4n) is 6.35. The van der Waals surface area contributed by atoms with E-state index in [2.05, 4.69) is 0 Å². The number of para-hydroxylation sites is 6. The SMILES string of the molecule is C.C[n+]1c2ccccc2c(C(=O)Oc2c(F)cccc2F)c2ccccc21.C[n+]1c2ccccc2c(C(=O)Oc2c(F)cccc2F)c2ccccc21.[B]. The third kappa shape index (κ3) is 6.95. The highest BCUT2D eigenvalue weighted by atomic mass is 19.1. The summed E-state index contributed by atoms with van der Waals surface area (Å²) in [5.41, 5.74) is 3.80. The summed E-state index contributed by atoms with van der Waals surface area (Å²) in [5.74, 6) is -6.69. The first kappa shape index (κ1) is 38.6. The molecule has 0 saturated heterocycles. The second-order valence-electron chi connectivity index (χ2n) is 11.8. The number of carbonyl (C=O) groups excluding carboxylic acids is 2. The van der Waals surface area contributed by atoms with Gasteiger partial charge in [-0.2, -0.15) is 9.13 Å². The third-order valence-corrected chi connectivity index (χ3v) is 8.77. The summed E-state index contributed by atoms with van der Waals surface area (Å²) in [6.07, 6.45) is 0. The van der Waals surface area contributed by atoms with E-state index in [-0.39, 0.29) is 27.0 Å². The number of esters is 2. The molecule has 0 aliphatic heterocycles. The lowest BCUT2D eigenvalue weighted by atomic mass is 10.0. The maximum absolute atomic E-state index is 13.9. The zero-order valence-corrected chi connectivity index (χ0v) is 28.3. The van der Waals surface area contributed by atoms with E-state index < -0.39 is 46.7 Å². The number of nitrogens with zero attached hydrogens (tertiary/aromatic N) is 2. The van der Waals surface area contributed by atoms with Crippen LogP contribution in [0.25, 0.3) is 43.6 Å². The number of benzene rings is 6. The van der Waals surface area contributed by atoms with Gasteiger partial charge in [-0.1, -0.05) is 68.1 Å². The highest BCUT2D eigenvalue weighted by Gasteiger charge is 2.27. The molecule has 8 aromatic rings. The molecular weight excluding hydrogens is 695 g/mol. The van der Waals surface area contributed by atoms with Crippen molar-refractivity contribution in [1.29, 1.82) is 0 Å². The van der Waals surface area contributed by atoms with Crippen LogP contribution in [-0.2, 0) is 14.1 Å². The van der Waals surface area contributed by atoms with Crippen molar-refractivity contribution >= 4 is 64.0 Å². The van der Waals surface area contributed by atoms with Crippen molar-refractivity contribution in [2.24, 2.45) is 14.1 Å². The maximum atomic E-state index is 13.9. The van der Waals surface area contributed by atoms with Crippen LogP contribution in [0.4, 0.5) is 17.6 Å². The number of fused-ring (bicyclic) bond motifs is 4. The molecule has 0 fully saturated rings. The van der Waals surface area contributed by atoms with E-state index in [4.69, 9.17) is 9.47 Å². The molecule has 0 unspecified atom stereocenters. The molecule has 0 aliphatic carbocycles. The maximum Gasteiger partial charge on any atom is 0.345 e. The molecule has 2 aromatic heterocycles. The van der Waals surface area contributed by atoms with Gasteiger partial charge in [-0.25, -0.2) is 27.2 Å². The smallest absolute Gasteiger partial charge is 0.345 e. The Bertz CT molecular complexity index is 2380. The van der Waals surface area contributed by atoms with Crippen molar-refractivity contribution in [3.05, 3.63) is 168 Å². The summed E-state index contributed by atoms with van der Waals surface area (Å²) in [6, 6.07) is 36.0. The Morgan fingerprint density at radius 2 is 0.667 bits per heavy atom. The summed E-state index contributed by atoms with van der Waals surface area (Å²) >= 11 is 0. The van der Waals surface area contributed by atoms with Gasteiger partial charge in [0.1, 0.15) is 14.1 Å². The Labute approximate surface area is 310 Å². The molecular formula is C43H32BF4N2O4+2. The number of aromatic nitrogens is 2. The molecule has 267 valence electrons. The van der Waals surface area contributed by atoms with Crippen LogP contribution in [0, 0.1) is 23.3 Å². The lowest BCUT2D eigenvalue weighted by Gasteiger charge is -2.10. The quantitative estimate of drug-likeness (QED) is 0.0454. The molecule has 2 heterocycles. The number of aryl methyl sites for hydroxylation is 2. The zero-order chi connectivity index (χ0) is 36.5. The van der Waals surface area contributed by atoms with Crippen LogP contribution < -0.4 is 18.6 Å². The third-order valence-electron chi connectivity index (χ3n) is 8.77. The van der Waals surface area contributed by atoms with Crippen LogP contribution in [0.3, 0.4) is 0 Å². The highest BCUT2D eigenvalue weighted by Crippen LogP contribution is 2.30. The number of halogens is 4. The first-order valence-corrected chi connectivity index (χ1v) is 16.1. The molecule has 11 heteroatoms. The minimum absolute atomic E-state index is 0. The number of carbonyl (C=O) groups is 2. The second-order valence-corrected chi connectivity index (χ2v) is 11.8. The van der Waals surface area contributed by atoms with Crippen molar-refractivity contribution in [2.75, 3.05) is 0 Å². The fraction of sp³-hybridized carbons (Fsp3) is 0.0698. The fourth-order valence-corrected chi connectivity index (χ4v) is 6.35. The predicted octanol–water partition coefficient (Wildman–Crippen LogP) is 8.89. The lowest BCUT2D eigenvalue weighted by molar-refractivity contribution is -0.617. The Morgan fingerprint density at radius 3 is 0.926 bits per heavy atom. The Balaban J connectivity index is 0.000000200. The molecule has 0 aliphatic rings. The van der Waals surface area contributed by atoms with Gasteiger partial charge in [0, 0.05) is 32.7 Å². The number of pyridine rings is 2. The van der Waals surface area contributed by atoms with Gasteiger partial charge in [0.2, 0.25) is 33.6 Å². The van der Waals surface area contributed by atoms with Gasteiger partial charge in [0.05, 0.1) is 32.7 Å². The van der Waals surface area contributed by atoms with Gasteiger partial charge in [-0.05, 0) is 48.5 Å². The van der Waals surface area contributed by atoms with Crippen LogP contribution >= 0.6 is 0 Å². The Hall–Kier alpha value is -6.62. The molecule has 0 bridgehead atoms. The van der Waals surface area contributed by atoms with Gasteiger partial charge < -0.3 is 9.47 Å². The molecule has 6 nitrogen and oxygen atoms in total. The van der Waals surface area contributed by atoms with E-state index >= 15 is 0 Å². The summed E-state index contributed by atoms with van der Waals surface area (Å²) in [4.78, 5) is 25.8. The topological polar surface area (TPSA) is 60.4 Å². The van der Waals surface area contributed by atoms with Crippen molar-refractivity contribution in [3.63, 3.8) is 0 Å². The van der Waals surface area contributed by atoms with Crippen molar-refractivity contribution in [2.45, 2.75) is 7.43 Å². The first-order valence-electron chi connectivity index (χ1n) is 16.1. The minimum Gasteiger partial charge on any atom is -0.417 e. The van der Waals surface area contributed by atoms with E-state index in [0.29, 0.717) is 21.5 Å². The van der Waals surface area contributed by atoms with Crippen LogP contribution in [0.2, 0.25) is 0 Å². The zero-order valence-electron chi connectivity index (χ0n) is 28.3. The van der Waals surface area contributed by atoms with Gasteiger partial charge in [-0.15, -0.1) is 0 Å². The number of rotatable bonds is 4. The minimum atomic E-state index is -0.923. The Kier molecular flexibility index (Phi) is 11.4. The predicted molar refractivity (Wildman–Crippen MR) is 200 cm³/mol. The molecule has 0 spiro atoms. The van der Waals surface area contributed by atoms with Crippen LogP contribution in [0.5, 0.6) is 11.5 Å². The average molecular weight is 728 g/mol. The number of hydrogen-bond acceptors (Lipinski definition) is 4. The van der Waals surface area contributed by atoms with E-state index in [1.807, 2.05) is 71.8 Å². The van der Waals surface area contributed by atoms with Crippen LogP contribution in [0.15, 0.2) is 133 Å². The molecule has 8 rings (SSSR count). The summed E-state index contributed by atoms with van der Waals surface area (Å²) < 4.78 is 69.8. The van der Waals surface area contributed by atoms with Crippen molar-refractivity contribution in [3.8, 4) is 11.5 Å². The van der Waals surface area contributed by atoms with E-state index in [1.165, 1.54) is 12.1 Å². The molecule has 3 radical (unpaired) electrons. The van der Waals surface area contributed by atoms with Crippen LogP contribution in [-0.4, -0.2) is 20.4 Å². The summed E-state index contributed by atoms with van der Waals surface area (Å²) in [5, 5.41) is 2.59. The lowest BCUT2D eigenvalue weighted by Crippen LogP contribution is -2.31. The highest BCUT2D eigenvalue weighted by molar-refractivity contribution is 6.14. The normalized spacial score (nSPS) is 10.6. The molecule has 0 atom stereocenters. The first-order chi connectivity index (χ1) is 25.2. The summed E-state index contributed by atoms with van der Waals surface area (Å²) in [7, 11) is 3.80. The van der Waals surface area contributed by atoms with Gasteiger partial charge in [0.25, 0.3) is 0 Å². The molecule has 0 amide bonds. The average Bonchev–Trinajstić information content (AvgIpc) is 3.15. The standard InChI is InChI=1S/2C21H14F2NO2.CH4.B/c2*1-24-17-11-4-2-7-13(17)19(14-8-3-5-12-18(14)24)21(25)26-20-15(22)9-6-10-16(20)23;;/h2*2-12H,1H3;1H4;/q2*+1;;. The molecule has 0 saturated carbocycles. The van der Waals surface area contributed by atoms with Gasteiger partial charge in [0.15, 0.2) is 23.3 Å². The van der Waals surface area contributed by atoms with E-state index in [0.717, 1.165) is 46.3 Å². The van der Waals surface area contributed by atoms with E-state index in [9.17, 15) is 27.2 Å².